The van der Waals surface area contributed by atoms with E-state index in [1.54, 1.807) is 24.3 Å². The van der Waals surface area contributed by atoms with E-state index in [0.29, 0.717) is 49.7 Å². The van der Waals surface area contributed by atoms with Crippen molar-refractivity contribution in [3.63, 3.8) is 0 Å². The maximum Gasteiger partial charge on any atom is 0.159 e. The molecule has 0 radical (unpaired) electrons. The van der Waals surface area contributed by atoms with Gasteiger partial charge in [0.25, 0.3) is 0 Å². The summed E-state index contributed by atoms with van der Waals surface area (Å²) < 4.78 is 0. The molecule has 2 N–H and O–H groups in total. The van der Waals surface area contributed by atoms with Gasteiger partial charge in [0.15, 0.2) is 5.82 Å². The molecule has 0 bridgehead atoms. The predicted octanol–water partition coefficient (Wildman–Crippen LogP) is 4.65. The van der Waals surface area contributed by atoms with Crippen LogP contribution in [0.1, 0.15) is 11.3 Å². The summed E-state index contributed by atoms with van der Waals surface area (Å²) in [5.74, 6) is 1.47. The fourth-order valence-electron chi connectivity index (χ4n) is 2.66. The second-order valence-corrected chi connectivity index (χ2v) is 6.52. The van der Waals surface area contributed by atoms with Crippen LogP contribution >= 0.6 is 23.2 Å². The number of H-pyrrole nitrogens is 1. The lowest BCUT2D eigenvalue weighted by atomic mass is 10.2. The van der Waals surface area contributed by atoms with Crippen LogP contribution in [0.3, 0.4) is 0 Å². The predicted molar refractivity (Wildman–Crippen MR) is 104 cm³/mol. The van der Waals surface area contributed by atoms with Crippen LogP contribution in [0.4, 0.5) is 11.6 Å². The zero-order valence-corrected chi connectivity index (χ0v) is 15.5. The minimum atomic E-state index is 0.358. The Balaban J connectivity index is 1.90. The molecule has 0 aliphatic rings. The van der Waals surface area contributed by atoms with Crippen molar-refractivity contribution < 1.29 is 0 Å². The summed E-state index contributed by atoms with van der Waals surface area (Å²) in [5, 5.41) is 13.4. The largest absolute Gasteiger partial charge is 0.337 e. The van der Waals surface area contributed by atoms with Crippen molar-refractivity contribution in [3.05, 3.63) is 58.1 Å². The van der Waals surface area contributed by atoms with Crippen molar-refractivity contribution in [1.82, 2.24) is 24.9 Å². The summed E-state index contributed by atoms with van der Waals surface area (Å²) in [5.41, 5.74) is 2.74. The molecule has 0 aliphatic carbocycles. The SMILES string of the molecule is Cc1cc(Nc2ncc(C#N)c3[nH]c(-c4c(Cl)cccc4Cl)nc23)ncn1. The maximum absolute atomic E-state index is 9.41. The van der Waals surface area contributed by atoms with E-state index in [1.807, 2.05) is 6.92 Å². The quantitative estimate of drug-likeness (QED) is 0.523. The highest BCUT2D eigenvalue weighted by molar-refractivity contribution is 6.39. The second kappa shape index (κ2) is 6.83. The topological polar surface area (TPSA) is 103 Å². The Labute approximate surface area is 164 Å². The second-order valence-electron chi connectivity index (χ2n) is 5.71. The highest BCUT2D eigenvalue weighted by Gasteiger charge is 2.18. The van der Waals surface area contributed by atoms with Gasteiger partial charge >= 0.3 is 0 Å². The van der Waals surface area contributed by atoms with E-state index in [9.17, 15) is 5.26 Å². The van der Waals surface area contributed by atoms with Crippen LogP contribution in [-0.2, 0) is 0 Å². The summed E-state index contributed by atoms with van der Waals surface area (Å²) in [6.45, 7) is 1.86. The number of rotatable bonds is 3. The van der Waals surface area contributed by atoms with Gasteiger partial charge in [-0.3, -0.25) is 0 Å². The van der Waals surface area contributed by atoms with Gasteiger partial charge in [-0.05, 0) is 19.1 Å². The average Bonchev–Trinajstić information content (AvgIpc) is 3.07. The summed E-state index contributed by atoms with van der Waals surface area (Å²) in [6.07, 6.45) is 2.92. The number of fused-ring (bicyclic) bond motifs is 1. The molecule has 4 rings (SSSR count). The first-order valence-electron chi connectivity index (χ1n) is 7.85. The van der Waals surface area contributed by atoms with E-state index in [1.165, 1.54) is 12.5 Å². The molecular formula is C18H11Cl2N7. The molecule has 0 atom stereocenters. The molecule has 27 heavy (non-hydrogen) atoms. The van der Waals surface area contributed by atoms with Gasteiger partial charge in [0, 0.05) is 18.0 Å². The molecule has 0 amide bonds. The maximum atomic E-state index is 9.41. The molecule has 7 nitrogen and oxygen atoms in total. The number of nitrogens with zero attached hydrogens (tertiary/aromatic N) is 5. The molecule has 3 heterocycles. The third-order valence-corrected chi connectivity index (χ3v) is 4.52. The van der Waals surface area contributed by atoms with E-state index < -0.39 is 0 Å². The molecule has 1 aromatic carbocycles. The molecule has 0 saturated carbocycles. The smallest absolute Gasteiger partial charge is 0.159 e. The number of aryl methyl sites for hydroxylation is 1. The highest BCUT2D eigenvalue weighted by Crippen LogP contribution is 2.35. The number of imidazole rings is 1. The summed E-state index contributed by atoms with van der Waals surface area (Å²) in [6, 6.07) is 9.10. The van der Waals surface area contributed by atoms with Gasteiger partial charge in [-0.15, -0.1) is 0 Å². The van der Waals surface area contributed by atoms with Crippen molar-refractivity contribution in [1.29, 1.82) is 5.26 Å². The fourth-order valence-corrected chi connectivity index (χ4v) is 3.23. The number of hydrogen-bond donors (Lipinski definition) is 2. The summed E-state index contributed by atoms with van der Waals surface area (Å²) >= 11 is 12.6. The van der Waals surface area contributed by atoms with Gasteiger partial charge in [-0.1, -0.05) is 29.3 Å². The summed E-state index contributed by atoms with van der Waals surface area (Å²) in [7, 11) is 0. The molecule has 9 heteroatoms. The number of pyridine rings is 1. The third-order valence-electron chi connectivity index (χ3n) is 3.89. The number of aromatic amines is 1. The van der Waals surface area contributed by atoms with Gasteiger partial charge < -0.3 is 10.3 Å². The van der Waals surface area contributed by atoms with Crippen LogP contribution < -0.4 is 5.32 Å². The van der Waals surface area contributed by atoms with Gasteiger partial charge in [-0.25, -0.2) is 19.9 Å². The van der Waals surface area contributed by atoms with Crippen molar-refractivity contribution in [3.8, 4) is 17.5 Å². The van der Waals surface area contributed by atoms with Crippen LogP contribution in [0.15, 0.2) is 36.8 Å². The number of halogens is 2. The van der Waals surface area contributed by atoms with E-state index in [2.05, 4.69) is 36.3 Å². The molecular weight excluding hydrogens is 385 g/mol. The van der Waals surface area contributed by atoms with E-state index in [0.717, 1.165) is 5.69 Å². The number of nitrogens with one attached hydrogen (secondary N) is 2. The molecule has 0 spiro atoms. The van der Waals surface area contributed by atoms with Gasteiger partial charge in [-0.2, -0.15) is 5.26 Å². The molecule has 0 unspecified atom stereocenters. The van der Waals surface area contributed by atoms with Crippen molar-refractivity contribution in [2.45, 2.75) is 6.92 Å². The lowest BCUT2D eigenvalue weighted by Crippen LogP contribution is -1.99. The van der Waals surface area contributed by atoms with Crippen molar-refractivity contribution in [2.75, 3.05) is 5.32 Å². The highest BCUT2D eigenvalue weighted by atomic mass is 35.5. The van der Waals surface area contributed by atoms with Crippen LogP contribution in [0.2, 0.25) is 10.0 Å². The zero-order chi connectivity index (χ0) is 19.0. The van der Waals surface area contributed by atoms with Crippen LogP contribution in [0.5, 0.6) is 0 Å². The lowest BCUT2D eigenvalue weighted by molar-refractivity contribution is 1.10. The van der Waals surface area contributed by atoms with Crippen LogP contribution in [-0.4, -0.2) is 24.9 Å². The number of benzene rings is 1. The lowest BCUT2D eigenvalue weighted by Gasteiger charge is -2.05. The molecule has 0 fully saturated rings. The van der Waals surface area contributed by atoms with Gasteiger partial charge in [0.1, 0.15) is 29.6 Å². The molecule has 3 aromatic heterocycles. The first-order valence-corrected chi connectivity index (χ1v) is 8.61. The monoisotopic (exact) mass is 395 g/mol. The number of hydrogen-bond acceptors (Lipinski definition) is 6. The van der Waals surface area contributed by atoms with Gasteiger partial charge in [0.2, 0.25) is 0 Å². The number of aromatic nitrogens is 5. The van der Waals surface area contributed by atoms with E-state index >= 15 is 0 Å². The van der Waals surface area contributed by atoms with Crippen molar-refractivity contribution >= 4 is 45.9 Å². The Hall–Kier alpha value is -3.21. The third kappa shape index (κ3) is 3.16. The molecule has 132 valence electrons. The van der Waals surface area contributed by atoms with E-state index in [4.69, 9.17) is 23.2 Å². The minimum absolute atomic E-state index is 0.358. The Kier molecular flexibility index (Phi) is 4.36. The fraction of sp³-hybridized carbons (Fsp3) is 0.0556. The zero-order valence-electron chi connectivity index (χ0n) is 14.0. The summed E-state index contributed by atoms with van der Waals surface area (Å²) in [4.78, 5) is 20.3. The first-order chi connectivity index (χ1) is 13.1. The van der Waals surface area contributed by atoms with Crippen molar-refractivity contribution in [2.24, 2.45) is 0 Å². The first kappa shape index (κ1) is 17.2. The Morgan fingerprint density at radius 3 is 2.63 bits per heavy atom. The number of anilines is 2. The minimum Gasteiger partial charge on any atom is -0.337 e. The molecule has 4 aromatic rings. The van der Waals surface area contributed by atoms with Gasteiger partial charge in [0.05, 0.1) is 26.7 Å². The Morgan fingerprint density at radius 2 is 1.93 bits per heavy atom. The molecule has 0 saturated heterocycles. The average molecular weight is 396 g/mol. The normalized spacial score (nSPS) is 10.7. The standard InChI is InChI=1S/C18H11Cl2N7/c1-9-5-13(24-8-23-9)25-18-16-15(10(6-21)7-22-18)26-17(27-16)14-11(19)3-2-4-12(14)20/h2-5,7-8H,1H3,(H,26,27)(H,22,23,24,25). The van der Waals surface area contributed by atoms with Crippen LogP contribution in [0.25, 0.3) is 22.4 Å². The Morgan fingerprint density at radius 1 is 1.15 bits per heavy atom. The Bertz CT molecular complexity index is 1190. The van der Waals surface area contributed by atoms with E-state index in [-0.39, 0.29) is 0 Å². The molecule has 0 aliphatic heterocycles. The number of nitriles is 1. The van der Waals surface area contributed by atoms with Crippen LogP contribution in [0, 0.1) is 18.3 Å².